The molecule has 1 saturated heterocycles. The molecule has 0 radical (unpaired) electrons. The number of alkyl halides is 3. The third-order valence-electron chi connectivity index (χ3n) is 3.87. The molecule has 25 heavy (non-hydrogen) atoms. The summed E-state index contributed by atoms with van der Waals surface area (Å²) in [7, 11) is 0. The molecule has 142 valence electrons. The number of anilines is 1. The maximum absolute atomic E-state index is 12.6. The molecule has 0 unspecified atom stereocenters. The van der Waals surface area contributed by atoms with Crippen molar-refractivity contribution in [3.63, 3.8) is 0 Å². The molecule has 1 aliphatic heterocycles. The van der Waals surface area contributed by atoms with Crippen LogP contribution in [0.15, 0.2) is 0 Å². The lowest BCUT2D eigenvalue weighted by Crippen LogP contribution is -2.52. The monoisotopic (exact) mass is 379 g/mol. The maximum atomic E-state index is 12.6. The van der Waals surface area contributed by atoms with E-state index in [4.69, 9.17) is 0 Å². The smallest absolute Gasteiger partial charge is 0.343 e. The molecule has 1 N–H and O–H groups in total. The van der Waals surface area contributed by atoms with Gasteiger partial charge in [-0.25, -0.2) is 4.79 Å². The fourth-order valence-corrected chi connectivity index (χ4v) is 3.25. The SMILES string of the molecule is CC(C)(C)CCCNC(=O)N1CCN(c2nnc(C(F)(F)F)s2)CC1. The number of amides is 2. The Morgan fingerprint density at radius 3 is 2.32 bits per heavy atom. The van der Waals surface area contributed by atoms with Crippen molar-refractivity contribution in [2.24, 2.45) is 5.41 Å². The summed E-state index contributed by atoms with van der Waals surface area (Å²) in [4.78, 5) is 15.5. The van der Waals surface area contributed by atoms with Crippen LogP contribution in [0.1, 0.15) is 38.6 Å². The van der Waals surface area contributed by atoms with Gasteiger partial charge in [-0.3, -0.25) is 0 Å². The van der Waals surface area contributed by atoms with Crippen molar-refractivity contribution < 1.29 is 18.0 Å². The minimum Gasteiger partial charge on any atom is -0.343 e. The van der Waals surface area contributed by atoms with E-state index >= 15 is 0 Å². The second-order valence-corrected chi connectivity index (χ2v) is 8.21. The number of rotatable bonds is 4. The van der Waals surface area contributed by atoms with E-state index in [0.29, 0.717) is 44.1 Å². The van der Waals surface area contributed by atoms with Gasteiger partial charge in [0.05, 0.1) is 0 Å². The summed E-state index contributed by atoms with van der Waals surface area (Å²) in [5.74, 6) is 0. The fourth-order valence-electron chi connectivity index (χ4n) is 2.48. The highest BCUT2D eigenvalue weighted by atomic mass is 32.1. The molecule has 0 saturated carbocycles. The first kappa shape index (κ1) is 19.7. The summed E-state index contributed by atoms with van der Waals surface area (Å²) in [6.45, 7) is 8.90. The lowest BCUT2D eigenvalue weighted by Gasteiger charge is -2.34. The molecule has 2 rings (SSSR count). The lowest BCUT2D eigenvalue weighted by molar-refractivity contribution is -0.138. The van der Waals surface area contributed by atoms with Crippen LogP contribution >= 0.6 is 11.3 Å². The van der Waals surface area contributed by atoms with Gasteiger partial charge in [0, 0.05) is 32.7 Å². The van der Waals surface area contributed by atoms with Gasteiger partial charge < -0.3 is 15.1 Å². The van der Waals surface area contributed by atoms with Crippen molar-refractivity contribution in [1.82, 2.24) is 20.4 Å². The van der Waals surface area contributed by atoms with Crippen molar-refractivity contribution in [1.29, 1.82) is 0 Å². The average Bonchev–Trinajstić information content (AvgIpc) is 3.01. The van der Waals surface area contributed by atoms with Crippen LogP contribution in [0.4, 0.5) is 23.1 Å². The molecular weight excluding hydrogens is 355 g/mol. The Labute approximate surface area is 149 Å². The number of carbonyl (C=O) groups is 1. The summed E-state index contributed by atoms with van der Waals surface area (Å²) >= 11 is 0.535. The molecule has 0 aromatic carbocycles. The number of halogens is 3. The van der Waals surface area contributed by atoms with E-state index in [9.17, 15) is 18.0 Å². The predicted octanol–water partition coefficient (Wildman–Crippen LogP) is 3.21. The lowest BCUT2D eigenvalue weighted by atomic mass is 9.91. The molecule has 1 aliphatic rings. The zero-order chi connectivity index (χ0) is 18.7. The Morgan fingerprint density at radius 2 is 1.80 bits per heavy atom. The van der Waals surface area contributed by atoms with Gasteiger partial charge in [0.1, 0.15) is 0 Å². The highest BCUT2D eigenvalue weighted by Gasteiger charge is 2.36. The molecule has 1 aromatic heterocycles. The quantitative estimate of drug-likeness (QED) is 0.816. The van der Waals surface area contributed by atoms with Crippen molar-refractivity contribution in [3.8, 4) is 0 Å². The van der Waals surface area contributed by atoms with E-state index in [0.717, 1.165) is 12.8 Å². The minimum atomic E-state index is -4.47. The summed E-state index contributed by atoms with van der Waals surface area (Å²) in [5.41, 5.74) is 0.243. The van der Waals surface area contributed by atoms with Crippen LogP contribution in [0, 0.1) is 5.41 Å². The Morgan fingerprint density at radius 1 is 1.16 bits per heavy atom. The number of piperazine rings is 1. The van der Waals surface area contributed by atoms with Crippen LogP contribution in [0.25, 0.3) is 0 Å². The third-order valence-corrected chi connectivity index (χ3v) is 4.90. The summed E-state index contributed by atoms with van der Waals surface area (Å²) in [6.07, 6.45) is -2.52. The minimum absolute atomic E-state index is 0.123. The highest BCUT2D eigenvalue weighted by molar-refractivity contribution is 7.15. The molecule has 6 nitrogen and oxygen atoms in total. The van der Waals surface area contributed by atoms with Crippen LogP contribution in [0.3, 0.4) is 0 Å². The normalized spacial score (nSPS) is 16.2. The number of carbonyl (C=O) groups excluding carboxylic acids is 1. The van der Waals surface area contributed by atoms with Crippen LogP contribution in [0.2, 0.25) is 0 Å². The highest BCUT2D eigenvalue weighted by Crippen LogP contribution is 2.34. The van der Waals surface area contributed by atoms with E-state index < -0.39 is 11.2 Å². The van der Waals surface area contributed by atoms with Gasteiger partial charge >= 0.3 is 12.2 Å². The van der Waals surface area contributed by atoms with Crippen LogP contribution in [-0.4, -0.2) is 53.9 Å². The largest absolute Gasteiger partial charge is 0.445 e. The Kier molecular flexibility index (Phi) is 6.12. The van der Waals surface area contributed by atoms with Gasteiger partial charge in [-0.05, 0) is 18.3 Å². The van der Waals surface area contributed by atoms with Gasteiger partial charge in [-0.2, -0.15) is 13.2 Å². The van der Waals surface area contributed by atoms with Crippen molar-refractivity contribution in [2.75, 3.05) is 37.6 Å². The molecule has 1 aromatic rings. The first-order chi connectivity index (χ1) is 11.6. The molecule has 0 atom stereocenters. The maximum Gasteiger partial charge on any atom is 0.445 e. The molecule has 1 fully saturated rings. The van der Waals surface area contributed by atoms with E-state index in [1.807, 2.05) is 0 Å². The molecule has 0 bridgehead atoms. The number of urea groups is 1. The topological polar surface area (TPSA) is 61.4 Å². The van der Waals surface area contributed by atoms with E-state index in [-0.39, 0.29) is 16.6 Å². The zero-order valence-corrected chi connectivity index (χ0v) is 15.5. The number of nitrogens with one attached hydrogen (secondary N) is 1. The van der Waals surface area contributed by atoms with Crippen molar-refractivity contribution >= 4 is 22.5 Å². The van der Waals surface area contributed by atoms with Gasteiger partial charge in [0.25, 0.3) is 0 Å². The van der Waals surface area contributed by atoms with Gasteiger partial charge in [-0.1, -0.05) is 32.1 Å². The number of hydrogen-bond acceptors (Lipinski definition) is 5. The number of nitrogens with zero attached hydrogens (tertiary/aromatic N) is 4. The van der Waals surface area contributed by atoms with Crippen molar-refractivity contribution in [2.45, 2.75) is 39.8 Å². The van der Waals surface area contributed by atoms with E-state index in [1.54, 1.807) is 9.80 Å². The Hall–Kier alpha value is -1.58. The van der Waals surface area contributed by atoms with E-state index in [1.165, 1.54) is 0 Å². The van der Waals surface area contributed by atoms with Crippen LogP contribution < -0.4 is 10.2 Å². The average molecular weight is 379 g/mol. The molecule has 2 heterocycles. The molecule has 2 amide bonds. The first-order valence-corrected chi connectivity index (χ1v) is 9.06. The number of aromatic nitrogens is 2. The second-order valence-electron chi connectivity index (χ2n) is 7.26. The summed E-state index contributed by atoms with van der Waals surface area (Å²) < 4.78 is 37.8. The van der Waals surface area contributed by atoms with Crippen LogP contribution in [0.5, 0.6) is 0 Å². The van der Waals surface area contributed by atoms with E-state index in [2.05, 4.69) is 36.3 Å². The molecule has 10 heteroatoms. The first-order valence-electron chi connectivity index (χ1n) is 8.25. The second kappa shape index (κ2) is 7.76. The predicted molar refractivity (Wildman–Crippen MR) is 90.8 cm³/mol. The molecule has 0 aliphatic carbocycles. The standard InChI is InChI=1S/C15H24F3N5OS/c1-14(2,3)5-4-6-19-12(24)22-7-9-23(10-8-22)13-21-20-11(25-13)15(16,17)18/h4-10H2,1-3H3,(H,19,24). The zero-order valence-electron chi connectivity index (χ0n) is 14.7. The van der Waals surface area contributed by atoms with Gasteiger partial charge in [0.2, 0.25) is 10.1 Å². The van der Waals surface area contributed by atoms with Gasteiger partial charge in [0.15, 0.2) is 0 Å². The molecule has 0 spiro atoms. The van der Waals surface area contributed by atoms with Crippen molar-refractivity contribution in [3.05, 3.63) is 5.01 Å². The Balaban J connectivity index is 1.75. The fraction of sp³-hybridized carbons (Fsp3) is 0.800. The molecular formula is C15H24F3N5OS. The van der Waals surface area contributed by atoms with Gasteiger partial charge in [-0.15, -0.1) is 10.2 Å². The summed E-state index contributed by atoms with van der Waals surface area (Å²) in [5, 5.41) is 9.01. The summed E-state index contributed by atoms with van der Waals surface area (Å²) in [6, 6.07) is -0.123. The Bertz CT molecular complexity index is 576. The van der Waals surface area contributed by atoms with Crippen LogP contribution in [-0.2, 0) is 6.18 Å². The third kappa shape index (κ3) is 6.02. The number of hydrogen-bond donors (Lipinski definition) is 1.